The lowest BCUT2D eigenvalue weighted by Gasteiger charge is -2.19. The summed E-state index contributed by atoms with van der Waals surface area (Å²) in [7, 11) is 0. The molecule has 0 fully saturated rings. The van der Waals surface area contributed by atoms with Crippen molar-refractivity contribution in [1.29, 1.82) is 0 Å². The quantitative estimate of drug-likeness (QED) is 0.905. The van der Waals surface area contributed by atoms with Gasteiger partial charge in [0.15, 0.2) is 0 Å². The molecule has 3 nitrogen and oxygen atoms in total. The molecule has 1 aliphatic heterocycles. The molecule has 2 unspecified atom stereocenters. The van der Waals surface area contributed by atoms with Crippen molar-refractivity contribution in [2.75, 3.05) is 11.9 Å². The predicted molar refractivity (Wildman–Crippen MR) is 85.4 cm³/mol. The Morgan fingerprint density at radius 3 is 2.71 bits per heavy atom. The maximum absolute atomic E-state index is 12.6. The largest absolute Gasteiger partial charge is 0.384 e. The van der Waals surface area contributed by atoms with Crippen molar-refractivity contribution in [1.82, 2.24) is 5.32 Å². The van der Waals surface area contributed by atoms with Gasteiger partial charge in [0.05, 0.1) is 12.0 Å². The van der Waals surface area contributed by atoms with Gasteiger partial charge in [-0.15, -0.1) is 0 Å². The van der Waals surface area contributed by atoms with E-state index in [9.17, 15) is 4.79 Å². The topological polar surface area (TPSA) is 41.1 Å². The monoisotopic (exact) mass is 280 g/mol. The normalized spacial score (nSPS) is 17.7. The number of aryl methyl sites for hydroxylation is 1. The van der Waals surface area contributed by atoms with Crippen LogP contribution in [0.15, 0.2) is 48.5 Å². The minimum atomic E-state index is -0.104. The van der Waals surface area contributed by atoms with Gasteiger partial charge in [-0.25, -0.2) is 0 Å². The highest BCUT2D eigenvalue weighted by atomic mass is 16.2. The summed E-state index contributed by atoms with van der Waals surface area (Å²) < 4.78 is 0. The molecule has 2 aromatic carbocycles. The smallest absolute Gasteiger partial charge is 0.229 e. The van der Waals surface area contributed by atoms with E-state index in [1.165, 1.54) is 11.1 Å². The third-order valence-electron chi connectivity index (χ3n) is 4.16. The number of carbonyl (C=O) groups is 1. The van der Waals surface area contributed by atoms with Gasteiger partial charge < -0.3 is 10.6 Å². The molecule has 3 heteroatoms. The maximum Gasteiger partial charge on any atom is 0.229 e. The van der Waals surface area contributed by atoms with Gasteiger partial charge in [-0.2, -0.15) is 0 Å². The molecule has 0 spiro atoms. The van der Waals surface area contributed by atoms with Crippen molar-refractivity contribution >= 4 is 11.6 Å². The number of rotatable bonds is 3. The highest BCUT2D eigenvalue weighted by molar-refractivity contribution is 5.88. The van der Waals surface area contributed by atoms with E-state index in [1.54, 1.807) is 0 Å². The number of anilines is 1. The van der Waals surface area contributed by atoms with E-state index >= 15 is 0 Å². The van der Waals surface area contributed by atoms with Crippen LogP contribution in [0.3, 0.4) is 0 Å². The number of hydrogen-bond acceptors (Lipinski definition) is 2. The van der Waals surface area contributed by atoms with Gasteiger partial charge in [-0.05, 0) is 36.6 Å². The van der Waals surface area contributed by atoms with Crippen LogP contribution in [-0.4, -0.2) is 12.5 Å². The van der Waals surface area contributed by atoms with Crippen molar-refractivity contribution < 1.29 is 4.79 Å². The zero-order valence-corrected chi connectivity index (χ0v) is 12.4. The van der Waals surface area contributed by atoms with Gasteiger partial charge in [0, 0.05) is 12.2 Å². The molecule has 2 atom stereocenters. The molecule has 0 saturated carbocycles. The number of para-hydroxylation sites is 1. The highest BCUT2D eigenvalue weighted by Gasteiger charge is 2.29. The van der Waals surface area contributed by atoms with E-state index in [2.05, 4.69) is 29.7 Å². The second-order valence-electron chi connectivity index (χ2n) is 5.61. The summed E-state index contributed by atoms with van der Waals surface area (Å²) in [5.41, 5.74) is 4.54. The maximum atomic E-state index is 12.6. The fourth-order valence-corrected chi connectivity index (χ4v) is 2.98. The third kappa shape index (κ3) is 2.64. The molecule has 21 heavy (non-hydrogen) atoms. The SMILES string of the molecule is Cc1ccccc1C(C)NC(=O)C1CNc2ccccc21. The Morgan fingerprint density at radius 1 is 1.19 bits per heavy atom. The molecule has 0 radical (unpaired) electrons. The first-order chi connectivity index (χ1) is 10.2. The lowest BCUT2D eigenvalue weighted by atomic mass is 9.98. The Bertz CT molecular complexity index is 666. The molecule has 1 amide bonds. The van der Waals surface area contributed by atoms with Crippen LogP contribution in [0.5, 0.6) is 0 Å². The number of fused-ring (bicyclic) bond motifs is 1. The molecule has 0 aliphatic carbocycles. The number of benzene rings is 2. The first-order valence-electron chi connectivity index (χ1n) is 7.35. The number of nitrogens with one attached hydrogen (secondary N) is 2. The lowest BCUT2D eigenvalue weighted by molar-refractivity contribution is -0.122. The zero-order valence-electron chi connectivity index (χ0n) is 12.4. The molecule has 0 aromatic heterocycles. The molecular weight excluding hydrogens is 260 g/mol. The Balaban J connectivity index is 1.75. The van der Waals surface area contributed by atoms with Crippen molar-refractivity contribution in [2.24, 2.45) is 0 Å². The summed E-state index contributed by atoms with van der Waals surface area (Å²) in [4.78, 5) is 12.6. The Labute approximate surface area is 125 Å². The van der Waals surface area contributed by atoms with E-state index in [4.69, 9.17) is 0 Å². The van der Waals surface area contributed by atoms with Crippen LogP contribution in [0.4, 0.5) is 5.69 Å². The molecule has 108 valence electrons. The average molecular weight is 280 g/mol. The number of hydrogen-bond donors (Lipinski definition) is 2. The summed E-state index contributed by atoms with van der Waals surface area (Å²) in [5, 5.41) is 6.44. The van der Waals surface area contributed by atoms with Crippen molar-refractivity contribution in [3.05, 3.63) is 65.2 Å². The molecule has 2 aromatic rings. The van der Waals surface area contributed by atoms with Crippen LogP contribution >= 0.6 is 0 Å². The Kier molecular flexibility index (Phi) is 3.65. The van der Waals surface area contributed by atoms with Gasteiger partial charge in [-0.3, -0.25) is 4.79 Å². The minimum absolute atomic E-state index is 0.0199. The minimum Gasteiger partial charge on any atom is -0.384 e. The second-order valence-corrected chi connectivity index (χ2v) is 5.61. The first kappa shape index (κ1) is 13.7. The van der Waals surface area contributed by atoms with Gasteiger partial charge in [0.1, 0.15) is 0 Å². The van der Waals surface area contributed by atoms with Crippen LogP contribution in [0.2, 0.25) is 0 Å². The molecule has 0 saturated heterocycles. The third-order valence-corrected chi connectivity index (χ3v) is 4.16. The van der Waals surface area contributed by atoms with E-state index in [0.717, 1.165) is 11.3 Å². The lowest BCUT2D eigenvalue weighted by Crippen LogP contribution is -2.32. The zero-order chi connectivity index (χ0) is 14.8. The summed E-state index contributed by atoms with van der Waals surface area (Å²) in [6, 6.07) is 16.2. The molecular formula is C18H20N2O. The standard InChI is InChI=1S/C18H20N2O/c1-12-7-3-4-8-14(12)13(2)20-18(21)16-11-19-17-10-6-5-9-15(16)17/h3-10,13,16,19H,11H2,1-2H3,(H,20,21). The summed E-state index contributed by atoms with van der Waals surface area (Å²) in [5.74, 6) is -0.0177. The number of carbonyl (C=O) groups excluding carboxylic acids is 1. The van der Waals surface area contributed by atoms with E-state index in [1.807, 2.05) is 43.3 Å². The van der Waals surface area contributed by atoms with Crippen molar-refractivity contribution in [3.63, 3.8) is 0 Å². The molecule has 3 rings (SSSR count). The van der Waals surface area contributed by atoms with Gasteiger partial charge in [-0.1, -0.05) is 42.5 Å². The summed E-state index contributed by atoms with van der Waals surface area (Å²) in [6.07, 6.45) is 0. The van der Waals surface area contributed by atoms with Crippen LogP contribution in [0.1, 0.15) is 35.6 Å². The van der Waals surface area contributed by atoms with Crippen molar-refractivity contribution in [2.45, 2.75) is 25.8 Å². The Morgan fingerprint density at radius 2 is 1.90 bits per heavy atom. The second kappa shape index (κ2) is 5.60. The van der Waals surface area contributed by atoms with Crippen LogP contribution in [0, 0.1) is 6.92 Å². The van der Waals surface area contributed by atoms with Crippen molar-refractivity contribution in [3.8, 4) is 0 Å². The Hall–Kier alpha value is -2.29. The summed E-state index contributed by atoms with van der Waals surface area (Å²) >= 11 is 0. The molecule has 2 N–H and O–H groups in total. The van der Waals surface area contributed by atoms with Gasteiger partial charge >= 0.3 is 0 Å². The molecule has 1 heterocycles. The van der Waals surface area contributed by atoms with E-state index in [0.29, 0.717) is 6.54 Å². The van der Waals surface area contributed by atoms with Gasteiger partial charge in [0.25, 0.3) is 0 Å². The first-order valence-corrected chi connectivity index (χ1v) is 7.35. The van der Waals surface area contributed by atoms with Gasteiger partial charge in [0.2, 0.25) is 5.91 Å². The number of amides is 1. The van der Waals surface area contributed by atoms with E-state index in [-0.39, 0.29) is 17.9 Å². The average Bonchev–Trinajstić information content (AvgIpc) is 2.91. The highest BCUT2D eigenvalue weighted by Crippen LogP contribution is 2.31. The van der Waals surface area contributed by atoms with Crippen LogP contribution in [0.25, 0.3) is 0 Å². The van der Waals surface area contributed by atoms with E-state index < -0.39 is 0 Å². The summed E-state index contributed by atoms with van der Waals surface area (Å²) in [6.45, 7) is 4.78. The predicted octanol–water partition coefficient (Wildman–Crippen LogP) is 3.38. The fourth-order valence-electron chi connectivity index (χ4n) is 2.98. The fraction of sp³-hybridized carbons (Fsp3) is 0.278. The van der Waals surface area contributed by atoms with Crippen LogP contribution in [-0.2, 0) is 4.79 Å². The molecule has 0 bridgehead atoms. The van der Waals surface area contributed by atoms with Crippen LogP contribution < -0.4 is 10.6 Å². The molecule has 1 aliphatic rings.